The smallest absolute Gasteiger partial charge is 0.478 e. The Morgan fingerprint density at radius 3 is 2.41 bits per heavy atom. The van der Waals surface area contributed by atoms with Crippen LogP contribution in [0.4, 0.5) is 0 Å². The van der Waals surface area contributed by atoms with Crippen molar-refractivity contribution < 1.29 is 18.0 Å². The Labute approximate surface area is 102 Å². The Morgan fingerprint density at radius 2 is 1.76 bits per heavy atom. The van der Waals surface area contributed by atoms with Crippen LogP contribution >= 0.6 is 0 Å². The van der Waals surface area contributed by atoms with Crippen LogP contribution in [0.3, 0.4) is 0 Å². The minimum absolute atomic E-state index is 0.415. The maximum Gasteiger partial charge on any atom is 0.601 e. The van der Waals surface area contributed by atoms with E-state index in [4.69, 9.17) is 18.0 Å². The molecule has 94 valence electrons. The first kappa shape index (κ1) is 12.5. The van der Waals surface area contributed by atoms with Crippen LogP contribution < -0.4 is 4.74 Å². The lowest BCUT2D eigenvalue weighted by molar-refractivity contribution is 0.0172. The fraction of sp³-hybridized carbons (Fsp3) is 0.455. The lowest BCUT2D eigenvalue weighted by Gasteiger charge is -2.37. The van der Waals surface area contributed by atoms with Crippen molar-refractivity contribution in [3.05, 3.63) is 29.8 Å². The Morgan fingerprint density at radius 1 is 1.12 bits per heavy atom. The predicted octanol–water partition coefficient (Wildman–Crippen LogP) is 1.21. The molecule has 0 fully saturated rings. The van der Waals surface area contributed by atoms with Crippen molar-refractivity contribution in [3.63, 3.8) is 0 Å². The van der Waals surface area contributed by atoms with E-state index >= 15 is 0 Å². The van der Waals surface area contributed by atoms with Gasteiger partial charge in [0.05, 0.1) is 0 Å². The first-order valence-electron chi connectivity index (χ1n) is 5.37. The molecule has 1 aromatic carbocycles. The summed E-state index contributed by atoms with van der Waals surface area (Å²) in [6.07, 6.45) is 0. The number of hydrogen-bond acceptors (Lipinski definition) is 5. The summed E-state index contributed by atoms with van der Waals surface area (Å²) in [7, 11) is 2.01. The van der Waals surface area contributed by atoms with Crippen LogP contribution in [0.2, 0.25) is 0 Å². The molecule has 0 amide bonds. The largest absolute Gasteiger partial charge is 0.601 e. The van der Waals surface area contributed by atoms with Crippen molar-refractivity contribution >= 4 is 8.97 Å². The van der Waals surface area contributed by atoms with E-state index in [0.29, 0.717) is 13.3 Å². The highest BCUT2D eigenvalue weighted by molar-refractivity contribution is 6.57. The summed E-state index contributed by atoms with van der Waals surface area (Å²) < 4.78 is 23.9. The van der Waals surface area contributed by atoms with E-state index in [1.54, 1.807) is 21.3 Å². The van der Waals surface area contributed by atoms with Gasteiger partial charge in [0, 0.05) is 33.4 Å². The van der Waals surface area contributed by atoms with E-state index in [0.717, 1.165) is 11.3 Å². The van der Waals surface area contributed by atoms with Gasteiger partial charge in [-0.05, 0) is 6.07 Å². The van der Waals surface area contributed by atoms with Crippen LogP contribution in [-0.4, -0.2) is 41.6 Å². The van der Waals surface area contributed by atoms with Crippen LogP contribution in [0.15, 0.2) is 24.3 Å². The van der Waals surface area contributed by atoms with Gasteiger partial charge in [-0.1, -0.05) is 18.2 Å². The molecule has 0 N–H and O–H groups in total. The second-order valence-corrected chi connectivity index (χ2v) is 6.62. The predicted molar refractivity (Wildman–Crippen MR) is 64.3 cm³/mol. The molecule has 1 aromatic rings. The molecule has 1 aliphatic rings. The van der Waals surface area contributed by atoms with Gasteiger partial charge >= 0.3 is 8.97 Å². The SMILES string of the molecule is CO[Si](OC)(OC)N1COc2ccccc2C1. The molecule has 6 heteroatoms. The van der Waals surface area contributed by atoms with Crippen molar-refractivity contribution in [3.8, 4) is 5.75 Å². The van der Waals surface area contributed by atoms with E-state index in [1.807, 2.05) is 28.8 Å². The van der Waals surface area contributed by atoms with Crippen molar-refractivity contribution in [1.29, 1.82) is 0 Å². The fourth-order valence-corrected chi connectivity index (χ4v) is 3.85. The molecular weight excluding hydrogens is 238 g/mol. The van der Waals surface area contributed by atoms with Crippen LogP contribution in [0.1, 0.15) is 5.56 Å². The summed E-state index contributed by atoms with van der Waals surface area (Å²) in [4.78, 5) is 0. The zero-order chi connectivity index (χ0) is 12.3. The molecule has 0 spiro atoms. The van der Waals surface area contributed by atoms with Crippen LogP contribution in [0.25, 0.3) is 0 Å². The van der Waals surface area contributed by atoms with Crippen molar-refractivity contribution in [2.75, 3.05) is 28.1 Å². The van der Waals surface area contributed by atoms with Crippen LogP contribution in [0, 0.1) is 0 Å². The van der Waals surface area contributed by atoms with Gasteiger partial charge in [-0.2, -0.15) is 0 Å². The van der Waals surface area contributed by atoms with E-state index < -0.39 is 8.97 Å². The third kappa shape index (κ3) is 2.22. The van der Waals surface area contributed by atoms with Gasteiger partial charge < -0.3 is 18.0 Å². The van der Waals surface area contributed by atoms with E-state index in [9.17, 15) is 0 Å². The highest BCUT2D eigenvalue weighted by Crippen LogP contribution is 2.27. The van der Waals surface area contributed by atoms with Crippen LogP contribution in [-0.2, 0) is 19.8 Å². The highest BCUT2D eigenvalue weighted by atomic mass is 28.4. The molecule has 0 bridgehead atoms. The van der Waals surface area contributed by atoms with E-state index in [-0.39, 0.29) is 0 Å². The molecule has 2 rings (SSSR count). The maximum absolute atomic E-state index is 5.67. The summed E-state index contributed by atoms with van der Waals surface area (Å²) in [5, 5.41) is 0. The molecule has 0 saturated carbocycles. The fourth-order valence-electron chi connectivity index (χ4n) is 1.99. The second-order valence-electron chi connectivity index (χ2n) is 3.72. The number of fused-ring (bicyclic) bond motifs is 1. The van der Waals surface area contributed by atoms with Gasteiger partial charge in [0.1, 0.15) is 12.5 Å². The molecule has 1 heterocycles. The molecular formula is C11H17NO4Si. The Balaban J connectivity index is 2.21. The zero-order valence-electron chi connectivity index (χ0n) is 10.3. The molecule has 5 nitrogen and oxygen atoms in total. The number of benzene rings is 1. The number of para-hydroxylation sites is 1. The summed E-state index contributed by atoms with van der Waals surface area (Å²) in [5.74, 6) is 0.912. The van der Waals surface area contributed by atoms with Crippen molar-refractivity contribution in [1.82, 2.24) is 4.57 Å². The number of rotatable bonds is 4. The average Bonchev–Trinajstić information content (AvgIpc) is 2.41. The Hall–Kier alpha value is -0.923. The lowest BCUT2D eigenvalue weighted by Crippen LogP contribution is -2.60. The summed E-state index contributed by atoms with van der Waals surface area (Å²) in [6.45, 7) is 1.12. The van der Waals surface area contributed by atoms with Gasteiger partial charge in [0.15, 0.2) is 0 Å². The van der Waals surface area contributed by atoms with Crippen LogP contribution in [0.5, 0.6) is 5.75 Å². The van der Waals surface area contributed by atoms with Gasteiger partial charge in [-0.3, -0.25) is 0 Å². The summed E-state index contributed by atoms with van der Waals surface area (Å²) in [6, 6.07) is 7.94. The molecule has 0 saturated heterocycles. The molecule has 0 radical (unpaired) electrons. The summed E-state index contributed by atoms with van der Waals surface area (Å²) >= 11 is 0. The standard InChI is InChI=1S/C11H17NO4Si/c1-13-17(14-2,15-3)12-8-10-6-4-5-7-11(10)16-9-12/h4-7H,8-9H2,1-3H3. The molecule has 1 aliphatic heterocycles. The molecule has 0 atom stereocenters. The van der Waals surface area contributed by atoms with E-state index in [1.165, 1.54) is 0 Å². The van der Waals surface area contributed by atoms with Gasteiger partial charge in [-0.15, -0.1) is 0 Å². The second kappa shape index (κ2) is 5.15. The maximum atomic E-state index is 5.67. The third-order valence-electron chi connectivity index (χ3n) is 2.87. The minimum atomic E-state index is -2.78. The average molecular weight is 255 g/mol. The Bertz CT molecular complexity index is 375. The summed E-state index contributed by atoms with van der Waals surface area (Å²) in [5.41, 5.74) is 1.11. The molecule has 0 aromatic heterocycles. The number of hydrogen-bond donors (Lipinski definition) is 0. The van der Waals surface area contributed by atoms with Gasteiger partial charge in [-0.25, -0.2) is 4.57 Å². The van der Waals surface area contributed by atoms with Gasteiger partial charge in [0.25, 0.3) is 0 Å². The van der Waals surface area contributed by atoms with Crippen molar-refractivity contribution in [2.24, 2.45) is 0 Å². The normalized spacial score (nSPS) is 16.4. The first-order valence-corrected chi connectivity index (χ1v) is 7.04. The number of nitrogens with zero attached hydrogens (tertiary/aromatic N) is 1. The quantitative estimate of drug-likeness (QED) is 0.756. The molecule has 0 unspecified atom stereocenters. The van der Waals surface area contributed by atoms with E-state index in [2.05, 4.69) is 0 Å². The lowest BCUT2D eigenvalue weighted by atomic mass is 10.2. The van der Waals surface area contributed by atoms with Gasteiger partial charge in [0.2, 0.25) is 0 Å². The third-order valence-corrected chi connectivity index (χ3v) is 5.48. The first-order chi connectivity index (χ1) is 8.25. The topological polar surface area (TPSA) is 40.2 Å². The monoisotopic (exact) mass is 255 g/mol. The Kier molecular flexibility index (Phi) is 3.80. The molecule has 0 aliphatic carbocycles. The molecule has 17 heavy (non-hydrogen) atoms. The highest BCUT2D eigenvalue weighted by Gasteiger charge is 2.48. The van der Waals surface area contributed by atoms with Crippen molar-refractivity contribution in [2.45, 2.75) is 6.54 Å². The zero-order valence-corrected chi connectivity index (χ0v) is 11.3. The minimum Gasteiger partial charge on any atom is -0.478 e. The number of ether oxygens (including phenoxy) is 1.